The Morgan fingerprint density at radius 1 is 1.15 bits per heavy atom. The van der Waals surface area contributed by atoms with Gasteiger partial charge in [-0.1, -0.05) is 11.6 Å². The van der Waals surface area contributed by atoms with Crippen LogP contribution in [0.15, 0.2) is 53.5 Å². The van der Waals surface area contributed by atoms with Gasteiger partial charge in [0.25, 0.3) is 5.56 Å². The average Bonchev–Trinajstić information content (AvgIpc) is 3.74. The molecule has 1 aliphatic carbocycles. The fraction of sp³-hybridized carbons (Fsp3) is 0.379. The Kier molecular flexibility index (Phi) is 9.77. The molecule has 4 rings (SSSR count). The Labute approximate surface area is 248 Å². The normalized spacial score (nSPS) is 15.9. The molecule has 2 unspecified atom stereocenters. The second kappa shape index (κ2) is 12.8. The molecule has 0 amide bonds. The van der Waals surface area contributed by atoms with Crippen molar-refractivity contribution in [3.63, 3.8) is 0 Å². The summed E-state index contributed by atoms with van der Waals surface area (Å²) in [5, 5.41) is 0.279. The first-order valence-electron chi connectivity index (χ1n) is 13.1. The zero-order valence-corrected chi connectivity index (χ0v) is 25.6. The SMILES string of the molecule is Cn1cc(-c2cc(CCNS(=O)O)c(Cl)cc2C(=O)c2ccc(F)cc2)c([C@@H](NS(=O)C(C)(C)C)C2CC2)cc1=O. The highest BCUT2D eigenvalue weighted by Gasteiger charge is 2.37. The first-order valence-corrected chi connectivity index (χ1v) is 15.8. The number of benzene rings is 2. The van der Waals surface area contributed by atoms with Crippen molar-refractivity contribution >= 4 is 39.6 Å². The van der Waals surface area contributed by atoms with Crippen molar-refractivity contribution in [2.24, 2.45) is 13.0 Å². The van der Waals surface area contributed by atoms with E-state index in [1.807, 2.05) is 20.8 Å². The molecule has 0 saturated heterocycles. The van der Waals surface area contributed by atoms with E-state index in [9.17, 15) is 22.4 Å². The van der Waals surface area contributed by atoms with Gasteiger partial charge in [-0.05, 0) is 99.0 Å². The van der Waals surface area contributed by atoms with Crippen molar-refractivity contribution in [1.29, 1.82) is 0 Å². The standard InChI is InChI=1S/C29H33ClFN3O5S2/c1-29(2,3)40(37)33-27(17-5-6-17)22-15-26(35)34(4)16-24(22)21-13-19(11-12-32-41(38)39)25(30)14-23(21)28(36)18-7-9-20(31)10-8-18/h7-10,13-17,27,32-33H,5-6,11-12H2,1-4H3,(H,38,39)/t27-,40?/m0/s1. The first-order chi connectivity index (χ1) is 19.3. The third-order valence-corrected chi connectivity index (χ3v) is 9.31. The van der Waals surface area contributed by atoms with E-state index < -0.39 is 44.6 Å². The Morgan fingerprint density at radius 2 is 1.80 bits per heavy atom. The van der Waals surface area contributed by atoms with Crippen molar-refractivity contribution in [3.05, 3.63) is 92.1 Å². The topological polar surface area (TPSA) is 118 Å². The molecule has 8 nitrogen and oxygen atoms in total. The number of nitrogens with one attached hydrogen (secondary N) is 2. The van der Waals surface area contributed by atoms with Gasteiger partial charge in [-0.2, -0.15) is 0 Å². The van der Waals surface area contributed by atoms with Gasteiger partial charge in [0.05, 0.1) is 15.7 Å². The van der Waals surface area contributed by atoms with Gasteiger partial charge in [-0.25, -0.2) is 22.3 Å². The number of pyridine rings is 1. The zero-order valence-electron chi connectivity index (χ0n) is 23.2. The van der Waals surface area contributed by atoms with Crippen LogP contribution in [0, 0.1) is 11.7 Å². The number of hydrogen-bond donors (Lipinski definition) is 3. The summed E-state index contributed by atoms with van der Waals surface area (Å²) in [6.07, 6.45) is 3.72. The Bertz CT molecular complexity index is 1570. The molecule has 1 heterocycles. The molecule has 3 N–H and O–H groups in total. The molecule has 1 fully saturated rings. The number of nitrogens with zero attached hydrogens (tertiary/aromatic N) is 1. The highest BCUT2D eigenvalue weighted by atomic mass is 35.5. The van der Waals surface area contributed by atoms with Crippen LogP contribution in [-0.2, 0) is 35.7 Å². The van der Waals surface area contributed by atoms with Crippen LogP contribution in [0.25, 0.3) is 11.1 Å². The number of aryl methyl sites for hydroxylation is 1. The molecular weight excluding hydrogens is 589 g/mol. The minimum atomic E-state index is -2.21. The zero-order chi connectivity index (χ0) is 30.1. The molecule has 3 aromatic rings. The molecule has 0 spiro atoms. The lowest BCUT2D eigenvalue weighted by Crippen LogP contribution is -2.37. The fourth-order valence-electron chi connectivity index (χ4n) is 4.51. The number of ketones is 1. The summed E-state index contributed by atoms with van der Waals surface area (Å²) in [6.45, 7) is 5.74. The van der Waals surface area contributed by atoms with Crippen molar-refractivity contribution in [2.45, 2.75) is 50.8 Å². The van der Waals surface area contributed by atoms with Crippen molar-refractivity contribution in [3.8, 4) is 11.1 Å². The second-order valence-corrected chi connectivity index (χ2v) is 14.3. The Hall–Kier alpha value is -2.54. The third kappa shape index (κ3) is 7.65. The number of carbonyl (C=O) groups is 1. The van der Waals surface area contributed by atoms with Crippen molar-refractivity contribution in [2.75, 3.05) is 6.54 Å². The number of hydrogen-bond acceptors (Lipinski definition) is 4. The number of aromatic nitrogens is 1. The maximum atomic E-state index is 13.8. The molecular formula is C29H33ClFN3O5S2. The van der Waals surface area contributed by atoms with Gasteiger partial charge in [0.2, 0.25) is 11.3 Å². The quantitative estimate of drug-likeness (QED) is 0.209. The van der Waals surface area contributed by atoms with Crippen LogP contribution in [-0.4, -0.2) is 34.6 Å². The van der Waals surface area contributed by atoms with E-state index in [4.69, 9.17) is 16.2 Å². The maximum absolute atomic E-state index is 13.8. The lowest BCUT2D eigenvalue weighted by molar-refractivity contribution is 0.103. The third-order valence-electron chi connectivity index (χ3n) is 6.93. The lowest BCUT2D eigenvalue weighted by Gasteiger charge is -2.27. The minimum Gasteiger partial charge on any atom is -0.318 e. The van der Waals surface area contributed by atoms with Gasteiger partial charge in [0.15, 0.2) is 5.78 Å². The largest absolute Gasteiger partial charge is 0.318 e. The monoisotopic (exact) mass is 621 g/mol. The van der Waals surface area contributed by atoms with Crippen LogP contribution in [0.3, 0.4) is 0 Å². The smallest absolute Gasteiger partial charge is 0.250 e. The molecule has 1 aromatic heterocycles. The summed E-state index contributed by atoms with van der Waals surface area (Å²) in [5.41, 5.74) is 2.55. The minimum absolute atomic E-state index is 0.143. The lowest BCUT2D eigenvalue weighted by atomic mass is 9.87. The summed E-state index contributed by atoms with van der Waals surface area (Å²) < 4.78 is 53.7. The van der Waals surface area contributed by atoms with Gasteiger partial charge in [0.1, 0.15) is 5.82 Å². The highest BCUT2D eigenvalue weighted by Crippen LogP contribution is 2.45. The molecule has 12 heteroatoms. The van der Waals surface area contributed by atoms with Crippen LogP contribution in [0.4, 0.5) is 4.39 Å². The molecule has 220 valence electrons. The number of halogens is 2. The average molecular weight is 622 g/mol. The summed E-state index contributed by atoms with van der Waals surface area (Å²) in [7, 11) is 0.181. The van der Waals surface area contributed by atoms with Crippen LogP contribution in [0.2, 0.25) is 5.02 Å². The van der Waals surface area contributed by atoms with E-state index in [1.54, 1.807) is 19.3 Å². The molecule has 0 radical (unpaired) electrons. The second-order valence-electron chi connectivity index (χ2n) is 11.1. The number of carbonyl (C=O) groups excluding carboxylic acids is 1. The van der Waals surface area contributed by atoms with Crippen molar-refractivity contribution in [1.82, 2.24) is 14.0 Å². The molecule has 0 bridgehead atoms. The van der Waals surface area contributed by atoms with Crippen LogP contribution in [0.1, 0.15) is 66.7 Å². The fourth-order valence-corrected chi connectivity index (χ4v) is 5.95. The van der Waals surface area contributed by atoms with E-state index in [2.05, 4.69) is 9.44 Å². The van der Waals surface area contributed by atoms with E-state index >= 15 is 0 Å². The van der Waals surface area contributed by atoms with E-state index in [0.717, 1.165) is 12.8 Å². The number of rotatable bonds is 11. The summed E-state index contributed by atoms with van der Waals surface area (Å²) in [5.74, 6) is -0.717. The Balaban J connectivity index is 1.93. The van der Waals surface area contributed by atoms with E-state index in [0.29, 0.717) is 22.3 Å². The van der Waals surface area contributed by atoms with Crippen molar-refractivity contribution < 1.29 is 22.2 Å². The van der Waals surface area contributed by atoms with Crippen LogP contribution in [0.5, 0.6) is 0 Å². The molecule has 1 aliphatic rings. The maximum Gasteiger partial charge on any atom is 0.250 e. The molecule has 2 aromatic carbocycles. The first kappa shape index (κ1) is 31.4. The molecule has 1 saturated carbocycles. The predicted molar refractivity (Wildman–Crippen MR) is 161 cm³/mol. The molecule has 3 atom stereocenters. The summed E-state index contributed by atoms with van der Waals surface area (Å²) in [6, 6.07) is 9.59. The van der Waals surface area contributed by atoms with Crippen LogP contribution >= 0.6 is 11.6 Å². The Morgan fingerprint density at radius 3 is 2.39 bits per heavy atom. The van der Waals surface area contributed by atoms with Crippen LogP contribution < -0.4 is 15.0 Å². The summed E-state index contributed by atoms with van der Waals surface area (Å²) in [4.78, 5) is 26.7. The highest BCUT2D eigenvalue weighted by molar-refractivity contribution is 7.84. The van der Waals surface area contributed by atoms with Gasteiger partial charge >= 0.3 is 0 Å². The van der Waals surface area contributed by atoms with Gasteiger partial charge in [-0.3, -0.25) is 14.1 Å². The van der Waals surface area contributed by atoms with Gasteiger partial charge in [0, 0.05) is 53.6 Å². The van der Waals surface area contributed by atoms with E-state index in [1.165, 1.54) is 41.0 Å². The summed E-state index contributed by atoms with van der Waals surface area (Å²) >= 11 is 4.41. The molecule has 0 aliphatic heterocycles. The predicted octanol–water partition coefficient (Wildman–Crippen LogP) is 4.85. The van der Waals surface area contributed by atoms with E-state index in [-0.39, 0.29) is 40.6 Å². The van der Waals surface area contributed by atoms with Gasteiger partial charge < -0.3 is 4.57 Å². The van der Waals surface area contributed by atoms with Gasteiger partial charge in [-0.15, -0.1) is 0 Å². The molecule has 41 heavy (non-hydrogen) atoms.